The minimum absolute atomic E-state index is 0.0803. The number of amides is 3. The van der Waals surface area contributed by atoms with Gasteiger partial charge in [0.05, 0.1) is 6.61 Å². The number of hydrogen-bond donors (Lipinski definition) is 4. The Morgan fingerprint density at radius 3 is 2.00 bits per heavy atom. The van der Waals surface area contributed by atoms with Crippen LogP contribution in [0, 0.1) is 12.8 Å². The van der Waals surface area contributed by atoms with Crippen molar-refractivity contribution in [1.29, 1.82) is 0 Å². The first-order valence-electron chi connectivity index (χ1n) is 15.1. The highest BCUT2D eigenvalue weighted by atomic mass is 16.6. The van der Waals surface area contributed by atoms with Crippen molar-refractivity contribution in [3.8, 4) is 5.75 Å². The lowest BCUT2D eigenvalue weighted by atomic mass is 9.96. The summed E-state index contributed by atoms with van der Waals surface area (Å²) in [6, 6.07) is 10.0. The topological polar surface area (TPSA) is 154 Å². The Kier molecular flexibility index (Phi) is 13.0. The molecule has 0 aliphatic rings. The molecule has 45 heavy (non-hydrogen) atoms. The van der Waals surface area contributed by atoms with Gasteiger partial charge in [0.1, 0.15) is 35.1 Å². The number of alkyl carbamates (subject to hydrolysis) is 1. The van der Waals surface area contributed by atoms with Gasteiger partial charge in [0.2, 0.25) is 11.8 Å². The molecule has 2 rings (SSSR count). The number of benzene rings is 2. The van der Waals surface area contributed by atoms with Crippen molar-refractivity contribution in [1.82, 2.24) is 15.5 Å². The van der Waals surface area contributed by atoms with E-state index in [4.69, 9.17) is 9.47 Å². The Balaban J connectivity index is 2.62. The van der Waals surface area contributed by atoms with Crippen molar-refractivity contribution in [3.63, 3.8) is 0 Å². The number of hydrogen-bond acceptors (Lipinski definition) is 8. The van der Waals surface area contributed by atoms with Gasteiger partial charge in [-0.25, -0.2) is 9.59 Å². The number of ether oxygens (including phenoxy) is 2. The molecule has 0 aromatic heterocycles. The Bertz CT molecular complexity index is 1310. The van der Waals surface area contributed by atoms with E-state index in [-0.39, 0.29) is 24.3 Å². The van der Waals surface area contributed by atoms with Crippen LogP contribution in [0.2, 0.25) is 0 Å². The predicted molar refractivity (Wildman–Crippen MR) is 170 cm³/mol. The summed E-state index contributed by atoms with van der Waals surface area (Å²) < 4.78 is 11.0. The first-order valence-corrected chi connectivity index (χ1v) is 15.1. The van der Waals surface area contributed by atoms with Crippen LogP contribution in [0.15, 0.2) is 48.5 Å². The van der Waals surface area contributed by atoms with Gasteiger partial charge in [-0.3, -0.25) is 9.59 Å². The molecule has 248 valence electrons. The number of nitrogens with one attached hydrogen (secondary N) is 2. The molecule has 0 saturated carbocycles. The molecule has 0 heterocycles. The highest BCUT2D eigenvalue weighted by Crippen LogP contribution is 2.33. The molecule has 2 aromatic carbocycles. The van der Waals surface area contributed by atoms with E-state index in [1.54, 1.807) is 74.4 Å². The van der Waals surface area contributed by atoms with Crippen molar-refractivity contribution < 1.29 is 38.9 Å². The number of aliphatic hydroxyl groups is 1. The number of aryl methyl sites for hydroxylation is 1. The standard InChI is InChI=1S/C34H49N3O8/c1-21(2)26(36-32(43)45-34(7,8)9)30(41)37(18-19-38)27(24-17-13-14-22(3)28(24)39)29(40)35-25(31(42)44-33(4,5)6)20-23-15-11-10-12-16-23/h10-17,21,25-27,38-39H,18-20H2,1-9H3,(H,35,40)(H,36,43). The van der Waals surface area contributed by atoms with Gasteiger partial charge in [-0.05, 0) is 65.5 Å². The second-order valence-corrected chi connectivity index (χ2v) is 13.3. The molecule has 3 unspecified atom stereocenters. The van der Waals surface area contributed by atoms with Crippen LogP contribution < -0.4 is 10.6 Å². The third-order valence-electron chi connectivity index (χ3n) is 6.64. The van der Waals surface area contributed by atoms with Gasteiger partial charge in [-0.1, -0.05) is 62.4 Å². The monoisotopic (exact) mass is 627 g/mol. The summed E-state index contributed by atoms with van der Waals surface area (Å²) in [5.74, 6) is -2.84. The number of carbonyl (C=O) groups is 4. The molecule has 0 aliphatic carbocycles. The Morgan fingerprint density at radius 2 is 1.47 bits per heavy atom. The zero-order chi connectivity index (χ0) is 34.1. The molecule has 0 radical (unpaired) electrons. The Hall–Kier alpha value is -4.12. The van der Waals surface area contributed by atoms with Crippen molar-refractivity contribution >= 4 is 23.9 Å². The minimum atomic E-state index is -1.49. The Morgan fingerprint density at radius 1 is 0.867 bits per heavy atom. The van der Waals surface area contributed by atoms with Crippen LogP contribution in [0.4, 0.5) is 4.79 Å². The summed E-state index contributed by atoms with van der Waals surface area (Å²) >= 11 is 0. The van der Waals surface area contributed by atoms with E-state index in [9.17, 15) is 29.4 Å². The van der Waals surface area contributed by atoms with Crippen LogP contribution in [-0.4, -0.2) is 75.4 Å². The number of phenolic OH excluding ortho intramolecular Hbond substituents is 1. The number of carbonyl (C=O) groups excluding carboxylic acids is 4. The molecule has 3 atom stereocenters. The molecule has 0 fully saturated rings. The third kappa shape index (κ3) is 11.4. The number of aliphatic hydroxyl groups excluding tert-OH is 1. The second kappa shape index (κ2) is 15.7. The first kappa shape index (κ1) is 37.1. The summed E-state index contributed by atoms with van der Waals surface area (Å²) in [4.78, 5) is 55.6. The number of rotatable bonds is 12. The van der Waals surface area contributed by atoms with Gasteiger partial charge >= 0.3 is 12.1 Å². The largest absolute Gasteiger partial charge is 0.507 e. The van der Waals surface area contributed by atoms with Crippen LogP contribution in [0.5, 0.6) is 5.75 Å². The average Bonchev–Trinajstić information content (AvgIpc) is 2.91. The highest BCUT2D eigenvalue weighted by molar-refractivity contribution is 5.94. The molecule has 2 aromatic rings. The number of phenols is 1. The summed E-state index contributed by atoms with van der Waals surface area (Å²) in [5, 5.41) is 26.5. The lowest BCUT2D eigenvalue weighted by Gasteiger charge is -2.36. The summed E-state index contributed by atoms with van der Waals surface area (Å²) in [7, 11) is 0. The van der Waals surface area contributed by atoms with E-state index in [0.29, 0.717) is 5.56 Å². The summed E-state index contributed by atoms with van der Waals surface area (Å²) in [6.45, 7) is 14.4. The van der Waals surface area contributed by atoms with Gasteiger partial charge in [0.25, 0.3) is 0 Å². The number of aromatic hydroxyl groups is 1. The molecule has 0 bridgehead atoms. The fraction of sp³-hybridized carbons (Fsp3) is 0.529. The van der Waals surface area contributed by atoms with Crippen molar-refractivity contribution in [2.24, 2.45) is 5.92 Å². The maximum absolute atomic E-state index is 14.3. The van der Waals surface area contributed by atoms with Crippen LogP contribution in [0.3, 0.4) is 0 Å². The summed E-state index contributed by atoms with van der Waals surface area (Å²) in [5.41, 5.74) is -0.390. The predicted octanol–water partition coefficient (Wildman–Crippen LogP) is 4.18. The van der Waals surface area contributed by atoms with Gasteiger partial charge in [0.15, 0.2) is 0 Å². The zero-order valence-corrected chi connectivity index (χ0v) is 27.8. The number of para-hydroxylation sites is 1. The van der Waals surface area contributed by atoms with Gasteiger partial charge in [0, 0.05) is 18.5 Å². The molecule has 0 aliphatic heterocycles. The average molecular weight is 628 g/mol. The van der Waals surface area contributed by atoms with Crippen LogP contribution in [0.25, 0.3) is 0 Å². The van der Waals surface area contributed by atoms with E-state index in [1.165, 1.54) is 6.07 Å². The van der Waals surface area contributed by atoms with Crippen molar-refractivity contribution in [3.05, 3.63) is 65.2 Å². The van der Waals surface area contributed by atoms with Gasteiger partial charge in [-0.15, -0.1) is 0 Å². The minimum Gasteiger partial charge on any atom is -0.507 e. The fourth-order valence-corrected chi connectivity index (χ4v) is 4.62. The lowest BCUT2D eigenvalue weighted by molar-refractivity contribution is -0.159. The van der Waals surface area contributed by atoms with Crippen LogP contribution in [-0.2, 0) is 30.3 Å². The molecular formula is C34H49N3O8. The van der Waals surface area contributed by atoms with Gasteiger partial charge < -0.3 is 35.2 Å². The smallest absolute Gasteiger partial charge is 0.408 e. The van der Waals surface area contributed by atoms with Crippen molar-refractivity contribution in [2.75, 3.05) is 13.2 Å². The zero-order valence-electron chi connectivity index (χ0n) is 27.8. The van der Waals surface area contributed by atoms with E-state index >= 15 is 0 Å². The maximum atomic E-state index is 14.3. The van der Waals surface area contributed by atoms with Crippen LogP contribution in [0.1, 0.15) is 78.1 Å². The molecule has 0 spiro atoms. The molecule has 11 nitrogen and oxygen atoms in total. The molecule has 4 N–H and O–H groups in total. The SMILES string of the molecule is Cc1cccc(C(C(=O)NC(Cc2ccccc2)C(=O)OC(C)(C)C)N(CCO)C(=O)C(NC(=O)OC(C)(C)C)C(C)C)c1O. The summed E-state index contributed by atoms with van der Waals surface area (Å²) in [6.07, 6.45) is -0.734. The lowest BCUT2D eigenvalue weighted by Crippen LogP contribution is -2.56. The normalized spacial score (nSPS) is 13.8. The Labute approximate surface area is 266 Å². The van der Waals surface area contributed by atoms with Crippen molar-refractivity contribution in [2.45, 2.75) is 98.1 Å². The van der Waals surface area contributed by atoms with E-state index < -0.39 is 65.7 Å². The maximum Gasteiger partial charge on any atom is 0.408 e. The highest BCUT2D eigenvalue weighted by Gasteiger charge is 2.40. The second-order valence-electron chi connectivity index (χ2n) is 13.3. The third-order valence-corrected chi connectivity index (χ3v) is 6.64. The van der Waals surface area contributed by atoms with E-state index in [0.717, 1.165) is 10.5 Å². The quantitative estimate of drug-likeness (QED) is 0.256. The molecule has 3 amide bonds. The molecule has 0 saturated heterocycles. The fourth-order valence-electron chi connectivity index (χ4n) is 4.62. The van der Waals surface area contributed by atoms with Gasteiger partial charge in [-0.2, -0.15) is 0 Å². The number of esters is 1. The number of nitrogens with zero attached hydrogens (tertiary/aromatic N) is 1. The van der Waals surface area contributed by atoms with E-state index in [2.05, 4.69) is 10.6 Å². The van der Waals surface area contributed by atoms with E-state index in [1.807, 2.05) is 30.3 Å². The molecular weight excluding hydrogens is 578 g/mol. The van der Waals surface area contributed by atoms with Crippen LogP contribution >= 0.6 is 0 Å². The molecule has 11 heteroatoms. The first-order chi connectivity index (χ1) is 20.8.